The predicted molar refractivity (Wildman–Crippen MR) is 109 cm³/mol. The molecule has 0 bridgehead atoms. The fourth-order valence-corrected chi connectivity index (χ4v) is 3.58. The van der Waals surface area contributed by atoms with Crippen molar-refractivity contribution in [1.29, 1.82) is 0 Å². The maximum absolute atomic E-state index is 12.4. The molecule has 1 heterocycles. The number of hydrogen-bond acceptors (Lipinski definition) is 3. The molecular formula is C22H29N3O. The van der Waals surface area contributed by atoms with Crippen molar-refractivity contribution in [2.75, 3.05) is 36.0 Å². The van der Waals surface area contributed by atoms with E-state index in [-0.39, 0.29) is 5.91 Å². The van der Waals surface area contributed by atoms with Gasteiger partial charge in [-0.15, -0.1) is 0 Å². The number of hydrogen-bond donors (Lipinski definition) is 1. The van der Waals surface area contributed by atoms with Crippen molar-refractivity contribution in [1.82, 2.24) is 5.32 Å². The number of carbonyl (C=O) groups excluding carboxylic acids is 1. The van der Waals surface area contributed by atoms with E-state index in [1.165, 1.54) is 16.8 Å². The average molecular weight is 351 g/mol. The van der Waals surface area contributed by atoms with Crippen molar-refractivity contribution in [2.45, 2.75) is 33.2 Å². The van der Waals surface area contributed by atoms with Crippen LogP contribution in [-0.2, 0) is 17.8 Å². The topological polar surface area (TPSA) is 35.6 Å². The molecule has 0 radical (unpaired) electrons. The Labute approximate surface area is 156 Å². The third-order valence-corrected chi connectivity index (χ3v) is 4.92. The molecule has 3 rings (SSSR count). The van der Waals surface area contributed by atoms with Gasteiger partial charge in [-0.1, -0.05) is 43.7 Å². The lowest BCUT2D eigenvalue weighted by atomic mass is 10.1. The molecule has 1 fully saturated rings. The maximum Gasteiger partial charge on any atom is 0.224 e. The summed E-state index contributed by atoms with van der Waals surface area (Å²) in [5.74, 6) is 0.0844. The van der Waals surface area contributed by atoms with Crippen molar-refractivity contribution in [3.05, 3.63) is 59.7 Å². The molecule has 1 saturated heterocycles. The zero-order chi connectivity index (χ0) is 18.4. The number of nitrogens with zero attached hydrogens (tertiary/aromatic N) is 2. The molecule has 138 valence electrons. The molecular weight excluding hydrogens is 322 g/mol. The Morgan fingerprint density at radius 2 is 1.88 bits per heavy atom. The van der Waals surface area contributed by atoms with Gasteiger partial charge in [0.1, 0.15) is 0 Å². The lowest BCUT2D eigenvalue weighted by Gasteiger charge is -2.30. The van der Waals surface area contributed by atoms with E-state index in [4.69, 9.17) is 0 Å². The summed E-state index contributed by atoms with van der Waals surface area (Å²) in [4.78, 5) is 16.7. The van der Waals surface area contributed by atoms with E-state index in [2.05, 4.69) is 59.6 Å². The standard InChI is InChI=1S/C22H29N3O/c1-3-7-20-9-4-5-11-22(20)25(18(2)26)17-19-8-6-10-21(16-19)24-14-12-23-13-15-24/h4-6,8-11,16,23H,3,7,12-15,17H2,1-2H3. The van der Waals surface area contributed by atoms with E-state index < -0.39 is 0 Å². The SMILES string of the molecule is CCCc1ccccc1N(Cc1cccc(N2CCNCC2)c1)C(C)=O. The van der Waals surface area contributed by atoms with Gasteiger partial charge in [0.25, 0.3) is 0 Å². The normalized spacial score (nSPS) is 14.3. The van der Waals surface area contributed by atoms with Gasteiger partial charge in [-0.3, -0.25) is 4.79 Å². The Balaban J connectivity index is 1.84. The van der Waals surface area contributed by atoms with Gasteiger partial charge in [-0.2, -0.15) is 0 Å². The number of carbonyl (C=O) groups is 1. The van der Waals surface area contributed by atoms with Gasteiger partial charge in [0.05, 0.1) is 6.54 Å². The molecule has 0 aliphatic carbocycles. The molecule has 1 aliphatic rings. The minimum atomic E-state index is 0.0844. The summed E-state index contributed by atoms with van der Waals surface area (Å²) in [6, 6.07) is 16.9. The monoisotopic (exact) mass is 351 g/mol. The van der Waals surface area contributed by atoms with Gasteiger partial charge >= 0.3 is 0 Å². The summed E-state index contributed by atoms with van der Waals surface area (Å²) >= 11 is 0. The molecule has 0 saturated carbocycles. The van der Waals surface area contributed by atoms with Crippen LogP contribution in [-0.4, -0.2) is 32.1 Å². The van der Waals surface area contributed by atoms with Gasteiger partial charge in [0.15, 0.2) is 0 Å². The quantitative estimate of drug-likeness (QED) is 0.864. The van der Waals surface area contributed by atoms with Gasteiger partial charge < -0.3 is 15.1 Å². The van der Waals surface area contributed by atoms with Crippen LogP contribution in [0.3, 0.4) is 0 Å². The Morgan fingerprint density at radius 1 is 1.12 bits per heavy atom. The number of benzene rings is 2. The second kappa shape index (κ2) is 8.86. The molecule has 1 N–H and O–H groups in total. The largest absolute Gasteiger partial charge is 0.369 e. The van der Waals surface area contributed by atoms with Gasteiger partial charge in [0.2, 0.25) is 5.91 Å². The highest BCUT2D eigenvalue weighted by Crippen LogP contribution is 2.25. The third kappa shape index (κ3) is 4.44. The first-order valence-electron chi connectivity index (χ1n) is 9.59. The van der Waals surface area contributed by atoms with Crippen molar-refractivity contribution in [3.63, 3.8) is 0 Å². The maximum atomic E-state index is 12.4. The zero-order valence-corrected chi connectivity index (χ0v) is 15.9. The molecule has 1 aliphatic heterocycles. The summed E-state index contributed by atoms with van der Waals surface area (Å²) < 4.78 is 0. The predicted octanol–water partition coefficient (Wildman–Crippen LogP) is 3.60. The second-order valence-corrected chi connectivity index (χ2v) is 6.89. The van der Waals surface area contributed by atoms with Crippen LogP contribution in [0.25, 0.3) is 0 Å². The fraction of sp³-hybridized carbons (Fsp3) is 0.409. The van der Waals surface area contributed by atoms with Crippen molar-refractivity contribution < 1.29 is 4.79 Å². The lowest BCUT2D eigenvalue weighted by molar-refractivity contribution is -0.116. The van der Waals surface area contributed by atoms with Crippen LogP contribution in [0.2, 0.25) is 0 Å². The average Bonchev–Trinajstić information content (AvgIpc) is 2.68. The number of piperazine rings is 1. The van der Waals surface area contributed by atoms with E-state index in [1.54, 1.807) is 6.92 Å². The molecule has 4 heteroatoms. The van der Waals surface area contributed by atoms with E-state index in [0.717, 1.165) is 44.7 Å². The Kier molecular flexibility index (Phi) is 6.29. The molecule has 26 heavy (non-hydrogen) atoms. The van der Waals surface area contributed by atoms with Crippen molar-refractivity contribution in [2.24, 2.45) is 0 Å². The minimum Gasteiger partial charge on any atom is -0.369 e. The molecule has 1 amide bonds. The Bertz CT molecular complexity index is 738. The molecule has 2 aromatic rings. The highest BCUT2D eigenvalue weighted by Gasteiger charge is 2.16. The van der Waals surface area contributed by atoms with Gasteiger partial charge in [0, 0.05) is 44.5 Å². The fourth-order valence-electron chi connectivity index (χ4n) is 3.58. The first kappa shape index (κ1) is 18.5. The summed E-state index contributed by atoms with van der Waals surface area (Å²) in [7, 11) is 0. The molecule has 4 nitrogen and oxygen atoms in total. The van der Waals surface area contributed by atoms with E-state index in [9.17, 15) is 4.79 Å². The summed E-state index contributed by atoms with van der Waals surface area (Å²) in [5, 5.41) is 3.39. The van der Waals surface area contributed by atoms with Crippen molar-refractivity contribution >= 4 is 17.3 Å². The zero-order valence-electron chi connectivity index (χ0n) is 15.9. The van der Waals surface area contributed by atoms with Crippen LogP contribution in [0.4, 0.5) is 11.4 Å². The first-order chi connectivity index (χ1) is 12.7. The van der Waals surface area contributed by atoms with Crippen molar-refractivity contribution in [3.8, 4) is 0 Å². The third-order valence-electron chi connectivity index (χ3n) is 4.92. The number of nitrogens with one attached hydrogen (secondary N) is 1. The highest BCUT2D eigenvalue weighted by atomic mass is 16.2. The first-order valence-corrected chi connectivity index (χ1v) is 9.59. The van der Waals surface area contributed by atoms with Crippen LogP contribution in [0.15, 0.2) is 48.5 Å². The number of rotatable bonds is 6. The molecule has 0 atom stereocenters. The van der Waals surface area contributed by atoms with E-state index >= 15 is 0 Å². The number of anilines is 2. The summed E-state index contributed by atoms with van der Waals surface area (Å²) in [5.41, 5.74) is 4.69. The molecule has 0 aromatic heterocycles. The second-order valence-electron chi connectivity index (χ2n) is 6.89. The minimum absolute atomic E-state index is 0.0844. The molecule has 2 aromatic carbocycles. The van der Waals surface area contributed by atoms with Gasteiger partial charge in [-0.05, 0) is 35.7 Å². The molecule has 0 unspecified atom stereocenters. The van der Waals surface area contributed by atoms with E-state index in [0.29, 0.717) is 6.54 Å². The number of para-hydroxylation sites is 1. The van der Waals surface area contributed by atoms with Crippen LogP contribution in [0.1, 0.15) is 31.4 Å². The summed E-state index contributed by atoms with van der Waals surface area (Å²) in [6.45, 7) is 8.53. The number of amides is 1. The van der Waals surface area contributed by atoms with Crippen LogP contribution in [0, 0.1) is 0 Å². The van der Waals surface area contributed by atoms with Crippen LogP contribution in [0.5, 0.6) is 0 Å². The van der Waals surface area contributed by atoms with Gasteiger partial charge in [-0.25, -0.2) is 0 Å². The number of aryl methyl sites for hydroxylation is 1. The highest BCUT2D eigenvalue weighted by molar-refractivity contribution is 5.92. The Hall–Kier alpha value is -2.33. The van der Waals surface area contributed by atoms with E-state index in [1.807, 2.05) is 11.0 Å². The Morgan fingerprint density at radius 3 is 2.62 bits per heavy atom. The lowest BCUT2D eigenvalue weighted by Crippen LogP contribution is -2.43. The van der Waals surface area contributed by atoms with Crippen LogP contribution < -0.4 is 15.1 Å². The molecule has 0 spiro atoms. The summed E-state index contributed by atoms with van der Waals surface area (Å²) in [6.07, 6.45) is 2.06. The van der Waals surface area contributed by atoms with Crippen LogP contribution >= 0.6 is 0 Å². The smallest absolute Gasteiger partial charge is 0.224 e.